The summed E-state index contributed by atoms with van der Waals surface area (Å²) in [7, 11) is 0. The Labute approximate surface area is 150 Å². The lowest BCUT2D eigenvalue weighted by atomic mass is 10.1. The molecule has 0 unspecified atom stereocenters. The Hall–Kier alpha value is -2.33. The lowest BCUT2D eigenvalue weighted by Crippen LogP contribution is -2.44. The molecule has 142 valence electrons. The van der Waals surface area contributed by atoms with Crippen molar-refractivity contribution in [3.05, 3.63) is 35.9 Å². The van der Waals surface area contributed by atoms with E-state index in [-0.39, 0.29) is 13.0 Å². The number of aliphatic carboxylic acids is 1. The summed E-state index contributed by atoms with van der Waals surface area (Å²) in [5, 5.41) is 10.1. The van der Waals surface area contributed by atoms with Crippen molar-refractivity contribution in [3.8, 4) is 0 Å². The largest absolute Gasteiger partial charge is 0.480 e. The van der Waals surface area contributed by atoms with E-state index in [0.717, 1.165) is 5.56 Å². The first-order valence-corrected chi connectivity index (χ1v) is 8.31. The minimum atomic E-state index is -1.20. The van der Waals surface area contributed by atoms with Crippen LogP contribution in [0.4, 0.5) is 0 Å². The van der Waals surface area contributed by atoms with E-state index >= 15 is 0 Å². The van der Waals surface area contributed by atoms with Gasteiger partial charge in [-0.2, -0.15) is 5.06 Å². The van der Waals surface area contributed by atoms with Crippen LogP contribution in [0.5, 0.6) is 0 Å². The molecule has 26 heavy (non-hydrogen) atoms. The van der Waals surface area contributed by atoms with E-state index in [1.807, 2.05) is 30.3 Å². The highest BCUT2D eigenvalue weighted by atomic mass is 16.7. The SMILES string of the molecule is N[C@@H](CON1CCC[C@H]1C(=O)OC(=O)[C@@H](N)Cc1ccccc1)C(=O)O. The number of esters is 2. The molecule has 1 aliphatic heterocycles. The average molecular weight is 365 g/mol. The number of hydroxylamine groups is 2. The van der Waals surface area contributed by atoms with Crippen molar-refractivity contribution in [2.45, 2.75) is 37.4 Å². The summed E-state index contributed by atoms with van der Waals surface area (Å²) in [5.41, 5.74) is 12.0. The maximum absolute atomic E-state index is 12.2. The number of nitrogens with zero attached hydrogens (tertiary/aromatic N) is 1. The first kappa shape index (κ1) is 20.0. The van der Waals surface area contributed by atoms with Gasteiger partial charge in [-0.3, -0.25) is 9.63 Å². The fourth-order valence-corrected chi connectivity index (χ4v) is 2.57. The Morgan fingerprint density at radius 1 is 1.19 bits per heavy atom. The third-order valence-corrected chi connectivity index (χ3v) is 4.02. The van der Waals surface area contributed by atoms with E-state index < -0.39 is 36.0 Å². The van der Waals surface area contributed by atoms with Crippen molar-refractivity contribution in [2.75, 3.05) is 13.2 Å². The summed E-state index contributed by atoms with van der Waals surface area (Å²) in [6, 6.07) is 6.21. The molecule has 1 aliphatic rings. The fraction of sp³-hybridized carbons (Fsp3) is 0.471. The van der Waals surface area contributed by atoms with Gasteiger partial charge in [-0.15, -0.1) is 0 Å². The molecule has 9 nitrogen and oxygen atoms in total. The molecular weight excluding hydrogens is 342 g/mol. The van der Waals surface area contributed by atoms with Gasteiger partial charge >= 0.3 is 17.9 Å². The standard InChI is InChI=1S/C17H23N3O6/c18-12(9-11-5-2-1-3-6-11)16(23)26-17(24)14-7-4-8-20(14)25-10-13(19)15(21)22/h1-3,5-6,12-14H,4,7-10,18-19H2,(H,21,22)/t12-,13-,14-/m0/s1. The molecule has 2 rings (SSSR count). The van der Waals surface area contributed by atoms with Crippen LogP contribution in [-0.4, -0.2) is 59.4 Å². The topological polar surface area (TPSA) is 145 Å². The highest BCUT2D eigenvalue weighted by Gasteiger charge is 2.35. The fourth-order valence-electron chi connectivity index (χ4n) is 2.57. The molecule has 1 aromatic carbocycles. The van der Waals surface area contributed by atoms with Crippen LogP contribution < -0.4 is 11.5 Å². The molecule has 1 fully saturated rings. The highest BCUT2D eigenvalue weighted by molar-refractivity contribution is 5.91. The van der Waals surface area contributed by atoms with E-state index in [2.05, 4.69) is 0 Å². The quantitative estimate of drug-likeness (QED) is 0.407. The van der Waals surface area contributed by atoms with Gasteiger partial charge < -0.3 is 21.3 Å². The number of nitrogens with two attached hydrogens (primary N) is 2. The Kier molecular flexibility index (Phi) is 7.22. The van der Waals surface area contributed by atoms with Gasteiger partial charge in [0.25, 0.3) is 0 Å². The highest BCUT2D eigenvalue weighted by Crippen LogP contribution is 2.19. The van der Waals surface area contributed by atoms with Gasteiger partial charge in [0.2, 0.25) is 0 Å². The lowest BCUT2D eigenvalue weighted by molar-refractivity contribution is -0.195. The van der Waals surface area contributed by atoms with Crippen LogP contribution in [0.2, 0.25) is 0 Å². The second-order valence-corrected chi connectivity index (χ2v) is 6.08. The molecule has 0 aliphatic carbocycles. The number of carboxylic acids is 1. The Morgan fingerprint density at radius 3 is 2.54 bits per heavy atom. The summed E-state index contributed by atoms with van der Waals surface area (Å²) >= 11 is 0. The number of carbonyl (C=O) groups excluding carboxylic acids is 2. The van der Waals surface area contributed by atoms with Crippen LogP contribution in [0.15, 0.2) is 30.3 Å². The van der Waals surface area contributed by atoms with Crippen molar-refractivity contribution < 1.29 is 29.1 Å². The zero-order valence-corrected chi connectivity index (χ0v) is 14.2. The Bertz CT molecular complexity index is 639. The van der Waals surface area contributed by atoms with E-state index in [4.69, 9.17) is 26.1 Å². The molecule has 0 bridgehead atoms. The van der Waals surface area contributed by atoms with Crippen molar-refractivity contribution >= 4 is 17.9 Å². The summed E-state index contributed by atoms with van der Waals surface area (Å²) < 4.78 is 4.88. The monoisotopic (exact) mass is 365 g/mol. The smallest absolute Gasteiger partial charge is 0.333 e. The van der Waals surface area contributed by atoms with E-state index in [1.165, 1.54) is 5.06 Å². The van der Waals surface area contributed by atoms with Crippen LogP contribution in [0, 0.1) is 0 Å². The number of carboxylic acid groups (broad SMARTS) is 1. The molecule has 0 aromatic heterocycles. The summed E-state index contributed by atoms with van der Waals surface area (Å²) in [6.07, 6.45) is 1.33. The maximum atomic E-state index is 12.2. The molecule has 5 N–H and O–H groups in total. The first-order valence-electron chi connectivity index (χ1n) is 8.31. The van der Waals surface area contributed by atoms with Gasteiger partial charge in [-0.05, 0) is 24.8 Å². The predicted octanol–water partition coefficient (Wildman–Crippen LogP) is -0.566. The van der Waals surface area contributed by atoms with Gasteiger partial charge in [0.15, 0.2) is 0 Å². The second kappa shape index (κ2) is 9.39. The lowest BCUT2D eigenvalue weighted by Gasteiger charge is -2.23. The molecule has 0 radical (unpaired) electrons. The second-order valence-electron chi connectivity index (χ2n) is 6.08. The van der Waals surface area contributed by atoms with Crippen LogP contribution in [0.1, 0.15) is 18.4 Å². The van der Waals surface area contributed by atoms with Crippen molar-refractivity contribution in [1.82, 2.24) is 5.06 Å². The van der Waals surface area contributed by atoms with Crippen LogP contribution in [0.25, 0.3) is 0 Å². The van der Waals surface area contributed by atoms with Crippen LogP contribution in [0.3, 0.4) is 0 Å². The molecular formula is C17H23N3O6. The van der Waals surface area contributed by atoms with Gasteiger partial charge in [0, 0.05) is 6.54 Å². The van der Waals surface area contributed by atoms with E-state index in [9.17, 15) is 14.4 Å². The molecule has 1 heterocycles. The normalized spacial score (nSPS) is 19.7. The van der Waals surface area contributed by atoms with Crippen LogP contribution >= 0.6 is 0 Å². The summed E-state index contributed by atoms with van der Waals surface area (Å²) in [5.74, 6) is -2.78. The molecule has 0 amide bonds. The van der Waals surface area contributed by atoms with Gasteiger partial charge in [-0.1, -0.05) is 30.3 Å². The Morgan fingerprint density at radius 2 is 1.88 bits per heavy atom. The summed E-state index contributed by atoms with van der Waals surface area (Å²) in [4.78, 5) is 40.3. The Balaban J connectivity index is 1.85. The third kappa shape index (κ3) is 5.60. The van der Waals surface area contributed by atoms with E-state index in [0.29, 0.717) is 19.4 Å². The predicted molar refractivity (Wildman–Crippen MR) is 90.5 cm³/mol. The maximum Gasteiger partial charge on any atom is 0.333 e. The molecule has 1 saturated heterocycles. The summed E-state index contributed by atoms with van der Waals surface area (Å²) in [6.45, 7) is 0.136. The minimum absolute atomic E-state index is 0.255. The van der Waals surface area contributed by atoms with Gasteiger partial charge in [0.05, 0.1) is 6.61 Å². The van der Waals surface area contributed by atoms with Crippen molar-refractivity contribution in [1.29, 1.82) is 0 Å². The first-order chi connectivity index (χ1) is 12.4. The number of hydrogen-bond donors (Lipinski definition) is 3. The number of ether oxygens (including phenoxy) is 1. The zero-order chi connectivity index (χ0) is 19.1. The third-order valence-electron chi connectivity index (χ3n) is 4.02. The number of benzene rings is 1. The average Bonchev–Trinajstić information content (AvgIpc) is 3.09. The van der Waals surface area contributed by atoms with Crippen molar-refractivity contribution in [2.24, 2.45) is 11.5 Å². The van der Waals surface area contributed by atoms with Gasteiger partial charge in [-0.25, -0.2) is 9.59 Å². The molecule has 0 spiro atoms. The molecule has 0 saturated carbocycles. The zero-order valence-electron chi connectivity index (χ0n) is 14.2. The minimum Gasteiger partial charge on any atom is -0.480 e. The number of rotatable bonds is 8. The number of hydrogen-bond acceptors (Lipinski definition) is 8. The van der Waals surface area contributed by atoms with E-state index in [1.54, 1.807) is 0 Å². The molecule has 1 aromatic rings. The molecule has 9 heteroatoms. The molecule has 3 atom stereocenters. The van der Waals surface area contributed by atoms with Gasteiger partial charge in [0.1, 0.15) is 18.1 Å². The van der Waals surface area contributed by atoms with Crippen molar-refractivity contribution in [3.63, 3.8) is 0 Å². The van der Waals surface area contributed by atoms with Crippen LogP contribution in [-0.2, 0) is 30.4 Å². The number of carbonyl (C=O) groups is 3.